The van der Waals surface area contributed by atoms with Crippen LogP contribution in [0.1, 0.15) is 10.5 Å². The van der Waals surface area contributed by atoms with Gasteiger partial charge in [-0.3, -0.25) is 0 Å². The highest BCUT2D eigenvalue weighted by atomic mass is 79.9. The van der Waals surface area contributed by atoms with Crippen LogP contribution in [0, 0.1) is 0 Å². The zero-order valence-corrected chi connectivity index (χ0v) is 7.83. The normalized spacial score (nSPS) is 9.50. The topological polar surface area (TPSA) is 78.1 Å². The quantitative estimate of drug-likeness (QED) is 0.566. The number of nitrogens with two attached hydrogens (primary N) is 1. The summed E-state index contributed by atoms with van der Waals surface area (Å²) in [5, 5.41) is 0. The third-order valence-corrected chi connectivity index (χ3v) is 1.51. The molecule has 0 aliphatic heterocycles. The number of carbonyl (C=O) groups is 1. The van der Waals surface area contributed by atoms with Crippen molar-refractivity contribution in [3.05, 3.63) is 16.4 Å². The van der Waals surface area contributed by atoms with E-state index in [0.29, 0.717) is 4.60 Å². The van der Waals surface area contributed by atoms with Crippen LogP contribution in [0.25, 0.3) is 0 Å². The van der Waals surface area contributed by atoms with Crippen molar-refractivity contribution in [2.24, 2.45) is 0 Å². The molecule has 1 rings (SSSR count). The molecule has 1 aromatic rings. The summed E-state index contributed by atoms with van der Waals surface area (Å²) < 4.78 is 4.89. The van der Waals surface area contributed by atoms with Gasteiger partial charge in [0.15, 0.2) is 5.69 Å². The van der Waals surface area contributed by atoms with Crippen LogP contribution in [-0.2, 0) is 4.74 Å². The highest BCUT2D eigenvalue weighted by molar-refractivity contribution is 9.10. The number of nitrogen functional groups attached to an aromatic ring is 1. The molecule has 0 aliphatic carbocycles. The number of hydrogen-bond donors (Lipinski definition) is 1. The summed E-state index contributed by atoms with van der Waals surface area (Å²) in [4.78, 5) is 18.3. The van der Waals surface area contributed by atoms with E-state index in [-0.39, 0.29) is 11.6 Å². The first-order valence-corrected chi connectivity index (χ1v) is 3.81. The van der Waals surface area contributed by atoms with Gasteiger partial charge in [-0.25, -0.2) is 14.8 Å². The lowest BCUT2D eigenvalue weighted by atomic mass is 10.4. The van der Waals surface area contributed by atoms with Crippen molar-refractivity contribution in [2.75, 3.05) is 12.8 Å². The number of rotatable bonds is 1. The average Bonchev–Trinajstić information content (AvgIpc) is 2.01. The van der Waals surface area contributed by atoms with Gasteiger partial charge in [0.2, 0.25) is 5.95 Å². The highest BCUT2D eigenvalue weighted by Crippen LogP contribution is 2.09. The molecule has 0 aliphatic rings. The predicted octanol–water partition coefficient (Wildman–Crippen LogP) is 0.608. The Balaban J connectivity index is 3.08. The second kappa shape index (κ2) is 3.48. The molecule has 0 saturated carbocycles. The van der Waals surface area contributed by atoms with Crippen molar-refractivity contribution in [1.29, 1.82) is 0 Å². The van der Waals surface area contributed by atoms with Gasteiger partial charge >= 0.3 is 5.97 Å². The molecule has 0 amide bonds. The summed E-state index contributed by atoms with van der Waals surface area (Å²) in [6.45, 7) is 0. The molecule has 2 N–H and O–H groups in total. The van der Waals surface area contributed by atoms with Gasteiger partial charge in [-0.2, -0.15) is 0 Å². The fourth-order valence-electron chi connectivity index (χ4n) is 0.644. The molecule has 1 heterocycles. The Labute approximate surface area is 77.1 Å². The Kier molecular flexibility index (Phi) is 2.59. The molecule has 12 heavy (non-hydrogen) atoms. The molecule has 0 fully saturated rings. The van der Waals surface area contributed by atoms with Gasteiger partial charge in [0.1, 0.15) is 4.60 Å². The Bertz CT molecular complexity index is 295. The standard InChI is InChI=1S/C6H6BrN3O2/c1-12-5(11)3-2-4(7)10-6(8)9-3/h2H,1H3,(H2,8,9,10). The van der Waals surface area contributed by atoms with E-state index in [1.807, 2.05) is 0 Å². The minimum absolute atomic E-state index is 0.0322. The first-order valence-electron chi connectivity index (χ1n) is 3.02. The van der Waals surface area contributed by atoms with E-state index in [4.69, 9.17) is 5.73 Å². The number of ether oxygens (including phenoxy) is 1. The molecular formula is C6H6BrN3O2. The first kappa shape index (κ1) is 8.92. The molecule has 0 bridgehead atoms. The Morgan fingerprint density at radius 2 is 2.33 bits per heavy atom. The molecule has 64 valence electrons. The minimum atomic E-state index is -0.537. The van der Waals surface area contributed by atoms with Crippen LogP contribution in [0.4, 0.5) is 5.95 Å². The van der Waals surface area contributed by atoms with Crippen molar-refractivity contribution in [2.45, 2.75) is 0 Å². The average molecular weight is 232 g/mol. The maximum Gasteiger partial charge on any atom is 0.356 e. The van der Waals surface area contributed by atoms with Gasteiger partial charge in [0.25, 0.3) is 0 Å². The molecule has 5 nitrogen and oxygen atoms in total. The van der Waals surface area contributed by atoms with Gasteiger partial charge in [-0.05, 0) is 15.9 Å². The molecule has 0 spiro atoms. The number of halogens is 1. The lowest BCUT2D eigenvalue weighted by Gasteiger charge is -1.99. The van der Waals surface area contributed by atoms with Gasteiger partial charge in [0, 0.05) is 6.07 Å². The van der Waals surface area contributed by atoms with Crippen LogP contribution >= 0.6 is 15.9 Å². The smallest absolute Gasteiger partial charge is 0.356 e. The zero-order chi connectivity index (χ0) is 9.14. The Morgan fingerprint density at radius 1 is 1.67 bits per heavy atom. The third kappa shape index (κ3) is 1.91. The van der Waals surface area contributed by atoms with Crippen molar-refractivity contribution in [3.8, 4) is 0 Å². The molecule has 0 unspecified atom stereocenters. The lowest BCUT2D eigenvalue weighted by Crippen LogP contribution is -2.07. The largest absolute Gasteiger partial charge is 0.464 e. The van der Waals surface area contributed by atoms with Crippen LogP contribution in [-0.4, -0.2) is 23.0 Å². The van der Waals surface area contributed by atoms with Crippen LogP contribution < -0.4 is 5.73 Å². The number of esters is 1. The van der Waals surface area contributed by atoms with Crippen LogP contribution in [0.5, 0.6) is 0 Å². The summed E-state index contributed by atoms with van der Waals surface area (Å²) in [5.74, 6) is -0.505. The van der Waals surface area contributed by atoms with Gasteiger partial charge in [-0.1, -0.05) is 0 Å². The Morgan fingerprint density at radius 3 is 2.83 bits per heavy atom. The van der Waals surface area contributed by atoms with Gasteiger partial charge in [-0.15, -0.1) is 0 Å². The van der Waals surface area contributed by atoms with Crippen molar-refractivity contribution in [3.63, 3.8) is 0 Å². The molecule has 0 saturated heterocycles. The maximum atomic E-state index is 10.9. The lowest BCUT2D eigenvalue weighted by molar-refractivity contribution is 0.0594. The monoisotopic (exact) mass is 231 g/mol. The second-order valence-corrected chi connectivity index (χ2v) is 2.74. The third-order valence-electron chi connectivity index (χ3n) is 1.11. The van der Waals surface area contributed by atoms with Gasteiger partial charge < -0.3 is 10.5 Å². The molecule has 0 atom stereocenters. The summed E-state index contributed by atoms with van der Waals surface area (Å²) >= 11 is 3.07. The predicted molar refractivity (Wildman–Crippen MR) is 45.5 cm³/mol. The molecule has 6 heteroatoms. The van der Waals surface area contributed by atoms with E-state index < -0.39 is 5.97 Å². The molecule has 1 aromatic heterocycles. The zero-order valence-electron chi connectivity index (χ0n) is 6.24. The maximum absolute atomic E-state index is 10.9. The highest BCUT2D eigenvalue weighted by Gasteiger charge is 2.08. The van der Waals surface area contributed by atoms with Crippen molar-refractivity contribution in [1.82, 2.24) is 9.97 Å². The Hall–Kier alpha value is -1.17. The van der Waals surface area contributed by atoms with E-state index in [9.17, 15) is 4.79 Å². The van der Waals surface area contributed by atoms with Crippen LogP contribution in [0.3, 0.4) is 0 Å². The summed E-state index contributed by atoms with van der Waals surface area (Å²) in [7, 11) is 1.27. The van der Waals surface area contributed by atoms with E-state index in [1.165, 1.54) is 13.2 Å². The summed E-state index contributed by atoms with van der Waals surface area (Å²) in [6, 6.07) is 1.43. The van der Waals surface area contributed by atoms with Crippen molar-refractivity contribution >= 4 is 27.8 Å². The second-order valence-electron chi connectivity index (χ2n) is 1.93. The minimum Gasteiger partial charge on any atom is -0.464 e. The molecular weight excluding hydrogens is 226 g/mol. The van der Waals surface area contributed by atoms with E-state index in [0.717, 1.165) is 0 Å². The number of hydrogen-bond acceptors (Lipinski definition) is 5. The van der Waals surface area contributed by atoms with Gasteiger partial charge in [0.05, 0.1) is 7.11 Å². The molecule has 0 radical (unpaired) electrons. The SMILES string of the molecule is COC(=O)c1cc(Br)nc(N)n1. The molecule has 0 aromatic carbocycles. The fourth-order valence-corrected chi connectivity index (χ4v) is 1.04. The van der Waals surface area contributed by atoms with Crippen LogP contribution in [0.15, 0.2) is 10.7 Å². The summed E-state index contributed by atoms with van der Waals surface area (Å²) in [5.41, 5.74) is 5.43. The number of nitrogens with zero attached hydrogens (tertiary/aromatic N) is 2. The van der Waals surface area contributed by atoms with Crippen molar-refractivity contribution < 1.29 is 9.53 Å². The fraction of sp³-hybridized carbons (Fsp3) is 0.167. The first-order chi connectivity index (χ1) is 5.63. The number of anilines is 1. The number of methoxy groups -OCH3 is 1. The summed E-state index contributed by atoms with van der Waals surface area (Å²) in [6.07, 6.45) is 0. The number of aromatic nitrogens is 2. The van der Waals surface area contributed by atoms with E-state index in [1.54, 1.807) is 0 Å². The number of carbonyl (C=O) groups excluding carboxylic acids is 1. The van der Waals surface area contributed by atoms with E-state index >= 15 is 0 Å². The van der Waals surface area contributed by atoms with E-state index in [2.05, 4.69) is 30.6 Å². The van der Waals surface area contributed by atoms with Crippen LogP contribution in [0.2, 0.25) is 0 Å².